The number of amides is 2. The Labute approximate surface area is 174 Å². The van der Waals surface area contributed by atoms with Gasteiger partial charge in [0, 0.05) is 4.88 Å². The second kappa shape index (κ2) is 8.64. The van der Waals surface area contributed by atoms with E-state index in [0.29, 0.717) is 4.88 Å². The van der Waals surface area contributed by atoms with Crippen LogP contribution in [0.15, 0.2) is 35.2 Å². The van der Waals surface area contributed by atoms with Crippen LogP contribution in [0.4, 0.5) is 0 Å². The Balaban J connectivity index is 1.64. The van der Waals surface area contributed by atoms with E-state index in [1.165, 1.54) is 33.9 Å². The number of hydrogen-bond donors (Lipinski definition) is 3. The number of hydrazine groups is 1. The highest BCUT2D eigenvalue weighted by atomic mass is 32.2. The molecule has 1 atom stereocenters. The molecular formula is C20H25N3O4S2. The summed E-state index contributed by atoms with van der Waals surface area (Å²) in [6.45, 7) is 5.32. The molecular weight excluding hydrogens is 410 g/mol. The van der Waals surface area contributed by atoms with E-state index >= 15 is 0 Å². The van der Waals surface area contributed by atoms with Gasteiger partial charge >= 0.3 is 0 Å². The number of carbonyl (C=O) groups is 2. The molecule has 0 saturated heterocycles. The molecule has 3 N–H and O–H groups in total. The first kappa shape index (κ1) is 21.5. The minimum Gasteiger partial charge on any atom is -0.271 e. The van der Waals surface area contributed by atoms with Crippen molar-refractivity contribution in [2.24, 2.45) is 5.92 Å². The van der Waals surface area contributed by atoms with E-state index in [0.717, 1.165) is 24.8 Å². The maximum atomic E-state index is 12.6. The zero-order chi connectivity index (χ0) is 21.2. The summed E-state index contributed by atoms with van der Waals surface area (Å²) >= 11 is 1.43. The minimum atomic E-state index is -3.88. The predicted octanol–water partition coefficient (Wildman–Crippen LogP) is 2.31. The van der Waals surface area contributed by atoms with Gasteiger partial charge in [0.25, 0.3) is 11.8 Å². The highest BCUT2D eigenvalue weighted by Gasteiger charge is 2.29. The van der Waals surface area contributed by atoms with Crippen LogP contribution in [0, 0.1) is 12.8 Å². The number of fused-ring (bicyclic) bond motifs is 1. The Kier molecular flexibility index (Phi) is 6.40. The number of hydrogen-bond acceptors (Lipinski definition) is 5. The molecule has 3 rings (SSSR count). The lowest BCUT2D eigenvalue weighted by Gasteiger charge is -2.21. The Morgan fingerprint density at radius 1 is 1.07 bits per heavy atom. The third-order valence-corrected chi connectivity index (χ3v) is 7.53. The standard InChI is InChI=1S/C20H25N3O4S2/c1-12(2)18(23-29(26,27)15-9-7-13(3)8-10-15)20(25)22-21-19(24)17-11-14-5-4-6-16(14)28-17/h7-12,18,23H,4-6H2,1-3H3,(H,21,24)(H,22,25)/t18-/m0/s1. The molecule has 0 fully saturated rings. The monoisotopic (exact) mass is 435 g/mol. The molecule has 2 amide bonds. The number of rotatable bonds is 6. The molecule has 1 aromatic carbocycles. The zero-order valence-corrected chi connectivity index (χ0v) is 18.2. The molecule has 1 aliphatic rings. The molecule has 2 aromatic rings. The second-order valence-electron chi connectivity index (χ2n) is 7.51. The molecule has 7 nitrogen and oxygen atoms in total. The lowest BCUT2D eigenvalue weighted by molar-refractivity contribution is -0.124. The van der Waals surface area contributed by atoms with E-state index in [1.54, 1.807) is 26.0 Å². The Hall–Kier alpha value is -2.23. The summed E-state index contributed by atoms with van der Waals surface area (Å²) in [6, 6.07) is 7.19. The Morgan fingerprint density at radius 2 is 1.76 bits per heavy atom. The normalized spacial score (nSPS) is 14.5. The summed E-state index contributed by atoms with van der Waals surface area (Å²) in [5.41, 5.74) is 6.87. The van der Waals surface area contributed by atoms with Crippen molar-refractivity contribution in [3.8, 4) is 0 Å². The summed E-state index contributed by atoms with van der Waals surface area (Å²) in [5.74, 6) is -1.34. The Bertz CT molecular complexity index is 989. The van der Waals surface area contributed by atoms with Gasteiger partial charge in [-0.25, -0.2) is 8.42 Å². The van der Waals surface area contributed by atoms with Crippen LogP contribution in [0.5, 0.6) is 0 Å². The lowest BCUT2D eigenvalue weighted by Crippen LogP contribution is -2.54. The van der Waals surface area contributed by atoms with Gasteiger partial charge in [-0.05, 0) is 55.9 Å². The number of benzene rings is 1. The maximum Gasteiger partial charge on any atom is 0.279 e. The topological polar surface area (TPSA) is 104 Å². The third kappa shape index (κ3) is 5.04. The van der Waals surface area contributed by atoms with Gasteiger partial charge in [0.2, 0.25) is 10.0 Å². The number of aryl methyl sites for hydroxylation is 3. The molecule has 1 aliphatic carbocycles. The van der Waals surface area contributed by atoms with Gasteiger partial charge in [-0.3, -0.25) is 20.4 Å². The van der Waals surface area contributed by atoms with Crippen LogP contribution in [-0.2, 0) is 27.7 Å². The number of sulfonamides is 1. The van der Waals surface area contributed by atoms with Crippen LogP contribution in [0.2, 0.25) is 0 Å². The van der Waals surface area contributed by atoms with Crippen molar-refractivity contribution in [1.82, 2.24) is 15.6 Å². The van der Waals surface area contributed by atoms with Gasteiger partial charge in [0.05, 0.1) is 9.77 Å². The average molecular weight is 436 g/mol. The van der Waals surface area contributed by atoms with Gasteiger partial charge in [-0.1, -0.05) is 31.5 Å². The van der Waals surface area contributed by atoms with Gasteiger partial charge < -0.3 is 0 Å². The van der Waals surface area contributed by atoms with Crippen molar-refractivity contribution in [1.29, 1.82) is 0 Å². The highest BCUT2D eigenvalue weighted by molar-refractivity contribution is 7.89. The van der Waals surface area contributed by atoms with E-state index in [9.17, 15) is 18.0 Å². The molecule has 1 aromatic heterocycles. The quantitative estimate of drug-likeness (QED) is 0.606. The molecule has 0 bridgehead atoms. The van der Waals surface area contributed by atoms with E-state index in [1.807, 2.05) is 13.0 Å². The summed E-state index contributed by atoms with van der Waals surface area (Å²) in [4.78, 5) is 26.7. The zero-order valence-electron chi connectivity index (χ0n) is 16.6. The molecule has 156 valence electrons. The van der Waals surface area contributed by atoms with Crippen molar-refractivity contribution in [3.63, 3.8) is 0 Å². The van der Waals surface area contributed by atoms with E-state index < -0.39 is 27.9 Å². The molecule has 29 heavy (non-hydrogen) atoms. The van der Waals surface area contributed by atoms with Gasteiger partial charge in [0.15, 0.2) is 0 Å². The highest BCUT2D eigenvalue weighted by Crippen LogP contribution is 2.30. The van der Waals surface area contributed by atoms with Crippen LogP contribution in [0.3, 0.4) is 0 Å². The smallest absolute Gasteiger partial charge is 0.271 e. The van der Waals surface area contributed by atoms with Gasteiger partial charge in [-0.2, -0.15) is 4.72 Å². The largest absolute Gasteiger partial charge is 0.279 e. The molecule has 0 radical (unpaired) electrons. The summed E-state index contributed by atoms with van der Waals surface area (Å²) in [7, 11) is -3.88. The first-order valence-electron chi connectivity index (χ1n) is 9.48. The van der Waals surface area contributed by atoms with Gasteiger partial charge in [0.1, 0.15) is 6.04 Å². The van der Waals surface area contributed by atoms with Crippen molar-refractivity contribution in [2.45, 2.75) is 51.0 Å². The second-order valence-corrected chi connectivity index (χ2v) is 10.4. The van der Waals surface area contributed by atoms with Crippen LogP contribution >= 0.6 is 11.3 Å². The third-order valence-electron chi connectivity index (χ3n) is 4.83. The van der Waals surface area contributed by atoms with Crippen molar-refractivity contribution < 1.29 is 18.0 Å². The fourth-order valence-electron chi connectivity index (χ4n) is 3.14. The fraction of sp³-hybridized carbons (Fsp3) is 0.400. The van der Waals surface area contributed by atoms with Crippen molar-refractivity contribution in [3.05, 3.63) is 51.2 Å². The fourth-order valence-corrected chi connectivity index (χ4v) is 5.64. The molecule has 1 heterocycles. The average Bonchev–Trinajstić information content (AvgIpc) is 3.26. The molecule has 0 spiro atoms. The maximum absolute atomic E-state index is 12.6. The molecule has 0 saturated carbocycles. The number of nitrogens with one attached hydrogen (secondary N) is 3. The minimum absolute atomic E-state index is 0.0821. The lowest BCUT2D eigenvalue weighted by atomic mass is 10.1. The SMILES string of the molecule is Cc1ccc(S(=O)(=O)N[C@H](C(=O)NNC(=O)c2cc3c(s2)CCC3)C(C)C)cc1. The molecule has 0 unspecified atom stereocenters. The Morgan fingerprint density at radius 3 is 2.38 bits per heavy atom. The first-order chi connectivity index (χ1) is 13.7. The predicted molar refractivity (Wildman–Crippen MR) is 112 cm³/mol. The summed E-state index contributed by atoms with van der Waals surface area (Å²) < 4.78 is 27.7. The van der Waals surface area contributed by atoms with Crippen LogP contribution in [-0.4, -0.2) is 26.3 Å². The summed E-state index contributed by atoms with van der Waals surface area (Å²) in [6.07, 6.45) is 3.06. The number of carbonyl (C=O) groups excluding carboxylic acids is 2. The van der Waals surface area contributed by atoms with Crippen LogP contribution < -0.4 is 15.6 Å². The van der Waals surface area contributed by atoms with E-state index in [2.05, 4.69) is 15.6 Å². The van der Waals surface area contributed by atoms with Gasteiger partial charge in [-0.15, -0.1) is 11.3 Å². The van der Waals surface area contributed by atoms with Crippen molar-refractivity contribution >= 4 is 33.2 Å². The van der Waals surface area contributed by atoms with E-state index in [-0.39, 0.29) is 10.8 Å². The van der Waals surface area contributed by atoms with Crippen LogP contribution in [0.1, 0.15) is 45.9 Å². The first-order valence-corrected chi connectivity index (χ1v) is 11.8. The van der Waals surface area contributed by atoms with Crippen LogP contribution in [0.25, 0.3) is 0 Å². The number of thiophene rings is 1. The molecule has 0 aliphatic heterocycles. The molecule has 9 heteroatoms. The van der Waals surface area contributed by atoms with E-state index in [4.69, 9.17) is 0 Å². The van der Waals surface area contributed by atoms with Crippen molar-refractivity contribution in [2.75, 3.05) is 0 Å². The summed E-state index contributed by atoms with van der Waals surface area (Å²) in [5, 5.41) is 0.